The molecule has 2 aromatic rings. The topological polar surface area (TPSA) is 69.8 Å². The minimum Gasteiger partial charge on any atom is -0.347 e. The van der Waals surface area contributed by atoms with E-state index in [2.05, 4.69) is 42.4 Å². The number of nitrogens with one attached hydrogen (secondary N) is 1. The van der Waals surface area contributed by atoms with Crippen molar-refractivity contribution in [2.45, 2.75) is 19.0 Å². The quantitative estimate of drug-likeness (QED) is 0.494. The van der Waals surface area contributed by atoms with Gasteiger partial charge >= 0.3 is 0 Å². The summed E-state index contributed by atoms with van der Waals surface area (Å²) in [4.78, 5) is 13.7. The van der Waals surface area contributed by atoms with Crippen LogP contribution in [0.4, 0.5) is 0 Å². The average Bonchev–Trinajstić information content (AvgIpc) is 3.44. The minimum absolute atomic E-state index is 0.444. The first-order valence-electron chi connectivity index (χ1n) is 9.16. The second-order valence-corrected chi connectivity index (χ2v) is 7.17. The SMILES string of the molecule is CN=C(NCc1nc(-c2ccc(Cl)cc2)no1)N1CCC(N2CC=CC2)C1. The third kappa shape index (κ3) is 4.14. The van der Waals surface area contributed by atoms with Crippen LogP contribution in [-0.2, 0) is 6.54 Å². The number of hydrogen-bond acceptors (Lipinski definition) is 5. The molecule has 2 aliphatic rings. The van der Waals surface area contributed by atoms with Gasteiger partial charge in [-0.1, -0.05) is 28.9 Å². The summed E-state index contributed by atoms with van der Waals surface area (Å²) in [7, 11) is 1.81. The van der Waals surface area contributed by atoms with Crippen molar-refractivity contribution in [2.75, 3.05) is 33.2 Å². The normalized spacial score (nSPS) is 20.6. The van der Waals surface area contributed by atoms with Gasteiger partial charge in [-0.15, -0.1) is 0 Å². The van der Waals surface area contributed by atoms with E-state index in [-0.39, 0.29) is 0 Å². The van der Waals surface area contributed by atoms with Crippen molar-refractivity contribution >= 4 is 17.6 Å². The molecule has 0 amide bonds. The van der Waals surface area contributed by atoms with Crippen molar-refractivity contribution in [3.8, 4) is 11.4 Å². The van der Waals surface area contributed by atoms with Crippen molar-refractivity contribution in [1.82, 2.24) is 25.3 Å². The number of rotatable bonds is 4. The summed E-state index contributed by atoms with van der Waals surface area (Å²) in [6.45, 7) is 4.54. The molecule has 27 heavy (non-hydrogen) atoms. The van der Waals surface area contributed by atoms with Crippen LogP contribution in [0, 0.1) is 0 Å². The molecule has 0 radical (unpaired) electrons. The molecular weight excluding hydrogens is 364 g/mol. The molecule has 1 N–H and O–H groups in total. The molecular formula is C19H23ClN6O. The largest absolute Gasteiger partial charge is 0.347 e. The monoisotopic (exact) mass is 386 g/mol. The second kappa shape index (κ2) is 8.10. The smallest absolute Gasteiger partial charge is 0.246 e. The highest BCUT2D eigenvalue weighted by Crippen LogP contribution is 2.19. The number of halogens is 1. The number of likely N-dealkylation sites (tertiary alicyclic amines) is 1. The number of guanidine groups is 1. The molecule has 8 heteroatoms. The maximum atomic E-state index is 5.92. The standard InChI is InChI=1S/C19H23ClN6O/c1-21-19(26-11-8-16(13-26)25-9-2-3-10-25)22-12-17-23-18(24-27-17)14-4-6-15(20)7-5-14/h2-7,16H,8-13H2,1H3,(H,21,22). The molecule has 1 unspecified atom stereocenters. The Kier molecular flexibility index (Phi) is 5.40. The van der Waals surface area contributed by atoms with Crippen molar-refractivity contribution < 1.29 is 4.52 Å². The van der Waals surface area contributed by atoms with E-state index in [1.807, 2.05) is 24.3 Å². The van der Waals surface area contributed by atoms with Crippen LogP contribution >= 0.6 is 11.6 Å². The first-order chi connectivity index (χ1) is 13.2. The van der Waals surface area contributed by atoms with Crippen LogP contribution in [0.15, 0.2) is 45.9 Å². The molecule has 4 rings (SSSR count). The molecule has 7 nitrogen and oxygen atoms in total. The van der Waals surface area contributed by atoms with E-state index < -0.39 is 0 Å². The lowest BCUT2D eigenvalue weighted by molar-refractivity contribution is 0.259. The number of benzene rings is 1. The van der Waals surface area contributed by atoms with Gasteiger partial charge in [0.2, 0.25) is 11.7 Å². The van der Waals surface area contributed by atoms with Crippen LogP contribution in [0.25, 0.3) is 11.4 Å². The van der Waals surface area contributed by atoms with Crippen molar-refractivity contribution in [1.29, 1.82) is 0 Å². The van der Waals surface area contributed by atoms with E-state index in [1.54, 1.807) is 7.05 Å². The van der Waals surface area contributed by atoms with Crippen LogP contribution in [0.1, 0.15) is 12.3 Å². The van der Waals surface area contributed by atoms with Crippen LogP contribution in [-0.4, -0.2) is 65.2 Å². The van der Waals surface area contributed by atoms with Gasteiger partial charge in [0.05, 0.1) is 6.54 Å². The van der Waals surface area contributed by atoms with E-state index in [4.69, 9.17) is 16.1 Å². The fourth-order valence-electron chi connectivity index (χ4n) is 3.55. The molecule has 0 spiro atoms. The highest BCUT2D eigenvalue weighted by atomic mass is 35.5. The summed E-state index contributed by atoms with van der Waals surface area (Å²) in [5, 5.41) is 8.06. The van der Waals surface area contributed by atoms with Gasteiger partial charge in [-0.3, -0.25) is 9.89 Å². The molecule has 1 saturated heterocycles. The van der Waals surface area contributed by atoms with Gasteiger partial charge in [0.25, 0.3) is 0 Å². The van der Waals surface area contributed by atoms with E-state index in [0.29, 0.717) is 29.3 Å². The Hall–Kier alpha value is -2.38. The van der Waals surface area contributed by atoms with Gasteiger partial charge in [-0.2, -0.15) is 4.98 Å². The van der Waals surface area contributed by atoms with E-state index in [9.17, 15) is 0 Å². The number of aromatic nitrogens is 2. The number of nitrogens with zero attached hydrogens (tertiary/aromatic N) is 5. The van der Waals surface area contributed by atoms with Gasteiger partial charge < -0.3 is 14.7 Å². The van der Waals surface area contributed by atoms with E-state index in [0.717, 1.165) is 44.1 Å². The maximum absolute atomic E-state index is 5.92. The first-order valence-corrected chi connectivity index (χ1v) is 9.54. The molecule has 0 saturated carbocycles. The van der Waals surface area contributed by atoms with E-state index in [1.165, 1.54) is 0 Å². The fraction of sp³-hybridized carbons (Fsp3) is 0.421. The summed E-state index contributed by atoms with van der Waals surface area (Å²) in [6.07, 6.45) is 5.64. The summed E-state index contributed by atoms with van der Waals surface area (Å²) >= 11 is 5.92. The first kappa shape index (κ1) is 18.0. The Balaban J connectivity index is 1.33. The lowest BCUT2D eigenvalue weighted by Gasteiger charge is -2.25. The molecule has 1 aromatic carbocycles. The zero-order valence-electron chi connectivity index (χ0n) is 15.3. The van der Waals surface area contributed by atoms with Crippen LogP contribution < -0.4 is 5.32 Å². The summed E-state index contributed by atoms with van der Waals surface area (Å²) < 4.78 is 5.36. The Morgan fingerprint density at radius 2 is 2.07 bits per heavy atom. The molecule has 0 aliphatic carbocycles. The Morgan fingerprint density at radius 1 is 1.30 bits per heavy atom. The second-order valence-electron chi connectivity index (χ2n) is 6.73. The lowest BCUT2D eigenvalue weighted by Crippen LogP contribution is -2.42. The Bertz CT molecular complexity index is 823. The van der Waals surface area contributed by atoms with Crippen molar-refractivity contribution in [3.05, 3.63) is 47.3 Å². The highest BCUT2D eigenvalue weighted by Gasteiger charge is 2.29. The third-order valence-electron chi connectivity index (χ3n) is 5.01. The number of hydrogen-bond donors (Lipinski definition) is 1. The molecule has 2 aliphatic heterocycles. The van der Waals surface area contributed by atoms with Gasteiger partial charge in [0.15, 0.2) is 5.96 Å². The van der Waals surface area contributed by atoms with Gasteiger partial charge in [-0.25, -0.2) is 0 Å². The van der Waals surface area contributed by atoms with Crippen molar-refractivity contribution in [3.63, 3.8) is 0 Å². The summed E-state index contributed by atoms with van der Waals surface area (Å²) in [5.74, 6) is 1.96. The van der Waals surface area contributed by atoms with Crippen LogP contribution in [0.3, 0.4) is 0 Å². The van der Waals surface area contributed by atoms with Gasteiger partial charge in [0, 0.05) is 49.9 Å². The summed E-state index contributed by atoms with van der Waals surface area (Å²) in [5.41, 5.74) is 0.875. The predicted molar refractivity (Wildman–Crippen MR) is 106 cm³/mol. The average molecular weight is 387 g/mol. The maximum Gasteiger partial charge on any atom is 0.246 e. The summed E-state index contributed by atoms with van der Waals surface area (Å²) in [6, 6.07) is 7.96. The van der Waals surface area contributed by atoms with Crippen LogP contribution in [0.2, 0.25) is 5.02 Å². The third-order valence-corrected chi connectivity index (χ3v) is 5.26. The van der Waals surface area contributed by atoms with E-state index >= 15 is 0 Å². The zero-order chi connectivity index (χ0) is 18.6. The Labute approximate surface area is 163 Å². The van der Waals surface area contributed by atoms with Crippen LogP contribution in [0.5, 0.6) is 0 Å². The Morgan fingerprint density at radius 3 is 2.81 bits per heavy atom. The predicted octanol–water partition coefficient (Wildman–Crippen LogP) is 2.41. The molecule has 3 heterocycles. The highest BCUT2D eigenvalue weighted by molar-refractivity contribution is 6.30. The fourth-order valence-corrected chi connectivity index (χ4v) is 3.68. The molecule has 1 fully saturated rings. The molecule has 142 valence electrons. The minimum atomic E-state index is 0.444. The lowest BCUT2D eigenvalue weighted by atomic mass is 10.2. The van der Waals surface area contributed by atoms with Crippen molar-refractivity contribution in [2.24, 2.45) is 4.99 Å². The molecule has 1 atom stereocenters. The van der Waals surface area contributed by atoms with Gasteiger partial charge in [-0.05, 0) is 30.7 Å². The number of aliphatic imine (C=N–C) groups is 1. The van der Waals surface area contributed by atoms with Gasteiger partial charge in [0.1, 0.15) is 0 Å². The molecule has 0 bridgehead atoms. The zero-order valence-corrected chi connectivity index (χ0v) is 16.1. The molecule has 1 aromatic heterocycles.